The number of aromatic nitrogens is 2. The van der Waals surface area contributed by atoms with Gasteiger partial charge in [0.1, 0.15) is 6.10 Å². The van der Waals surface area contributed by atoms with Gasteiger partial charge in [0.2, 0.25) is 0 Å². The maximum atomic E-state index is 12.3. The number of hydrogen-bond acceptors (Lipinski definition) is 3. The zero-order valence-electron chi connectivity index (χ0n) is 12.3. The summed E-state index contributed by atoms with van der Waals surface area (Å²) in [6, 6.07) is 0.146. The van der Waals surface area contributed by atoms with Gasteiger partial charge in [-0.15, -0.1) is 0 Å². The second-order valence-corrected chi connectivity index (χ2v) is 7.27. The summed E-state index contributed by atoms with van der Waals surface area (Å²) in [5, 5.41) is 4.41. The Morgan fingerprint density at radius 1 is 1.29 bits per heavy atom. The number of nitrogens with zero attached hydrogens (tertiary/aromatic N) is 2. The number of carbonyl (C=O) groups is 1. The molecule has 1 atom stereocenters. The van der Waals surface area contributed by atoms with E-state index in [-0.39, 0.29) is 18.1 Å². The maximum Gasteiger partial charge on any atom is 0.308 e. The van der Waals surface area contributed by atoms with E-state index in [0.29, 0.717) is 12.3 Å². The Balaban J connectivity index is 1.65. The van der Waals surface area contributed by atoms with E-state index in [4.69, 9.17) is 4.74 Å². The molecule has 0 bridgehead atoms. The van der Waals surface area contributed by atoms with E-state index in [1.54, 1.807) is 6.20 Å². The van der Waals surface area contributed by atoms with E-state index in [1.807, 2.05) is 10.9 Å². The molecule has 3 rings (SSSR count). The highest BCUT2D eigenvalue weighted by molar-refractivity contribution is 9.10. The minimum Gasteiger partial charge on any atom is -0.462 e. The van der Waals surface area contributed by atoms with Gasteiger partial charge in [-0.2, -0.15) is 5.10 Å². The third-order valence-corrected chi connectivity index (χ3v) is 5.24. The lowest BCUT2D eigenvalue weighted by molar-refractivity contribution is -0.150. The van der Waals surface area contributed by atoms with Crippen LogP contribution in [0.15, 0.2) is 16.9 Å². The van der Waals surface area contributed by atoms with Crippen molar-refractivity contribution >= 4 is 21.9 Å². The molecule has 0 radical (unpaired) electrons. The summed E-state index contributed by atoms with van der Waals surface area (Å²) in [6.07, 6.45) is 13.8. The average Bonchev–Trinajstić information content (AvgIpc) is 3.18. The van der Waals surface area contributed by atoms with Gasteiger partial charge in [-0.3, -0.25) is 9.48 Å². The molecule has 2 fully saturated rings. The molecule has 4 nitrogen and oxygen atoms in total. The first-order valence-corrected chi connectivity index (χ1v) is 8.91. The SMILES string of the molecule is O=C(CC(C1CCCC1)n1cc(Br)cn1)OC1CCCC1. The summed E-state index contributed by atoms with van der Waals surface area (Å²) in [6.45, 7) is 0. The monoisotopic (exact) mass is 354 g/mol. The van der Waals surface area contributed by atoms with E-state index >= 15 is 0 Å². The maximum absolute atomic E-state index is 12.3. The fourth-order valence-corrected chi connectivity index (χ4v) is 4.03. The summed E-state index contributed by atoms with van der Waals surface area (Å²) in [5.41, 5.74) is 0. The topological polar surface area (TPSA) is 44.1 Å². The molecule has 116 valence electrons. The molecule has 1 heterocycles. The minimum atomic E-state index is -0.0505. The van der Waals surface area contributed by atoms with Gasteiger partial charge >= 0.3 is 5.97 Å². The zero-order valence-corrected chi connectivity index (χ0v) is 13.9. The van der Waals surface area contributed by atoms with Crippen molar-refractivity contribution in [2.75, 3.05) is 0 Å². The first-order chi connectivity index (χ1) is 10.2. The molecule has 2 saturated carbocycles. The molecule has 0 aliphatic heterocycles. The molecule has 21 heavy (non-hydrogen) atoms. The van der Waals surface area contributed by atoms with Gasteiger partial charge in [0.15, 0.2) is 0 Å². The molecule has 1 aromatic heterocycles. The zero-order chi connectivity index (χ0) is 14.7. The van der Waals surface area contributed by atoms with Crippen LogP contribution in [0.5, 0.6) is 0 Å². The second kappa shape index (κ2) is 6.95. The second-order valence-electron chi connectivity index (χ2n) is 6.35. The number of rotatable bonds is 5. The highest BCUT2D eigenvalue weighted by atomic mass is 79.9. The van der Waals surface area contributed by atoms with Crippen LogP contribution in [0.25, 0.3) is 0 Å². The lowest BCUT2D eigenvalue weighted by Crippen LogP contribution is -2.24. The minimum absolute atomic E-state index is 0.0505. The standard InChI is InChI=1S/C16H23BrN2O2/c17-13-10-18-19(11-13)15(12-5-1-2-6-12)9-16(20)21-14-7-3-4-8-14/h10-12,14-15H,1-9H2. The Labute approximate surface area is 134 Å². The van der Waals surface area contributed by atoms with Crippen molar-refractivity contribution in [3.05, 3.63) is 16.9 Å². The Hall–Kier alpha value is -0.840. The van der Waals surface area contributed by atoms with Crippen LogP contribution in [0, 0.1) is 5.92 Å². The summed E-state index contributed by atoms with van der Waals surface area (Å²) < 4.78 is 8.56. The Bertz CT molecular complexity index is 476. The van der Waals surface area contributed by atoms with Crippen LogP contribution in [0.2, 0.25) is 0 Å². The first-order valence-electron chi connectivity index (χ1n) is 8.11. The van der Waals surface area contributed by atoms with Crippen molar-refractivity contribution in [3.8, 4) is 0 Å². The van der Waals surface area contributed by atoms with E-state index in [1.165, 1.54) is 38.5 Å². The summed E-state index contributed by atoms with van der Waals surface area (Å²) >= 11 is 3.45. The van der Waals surface area contributed by atoms with Crippen LogP contribution < -0.4 is 0 Å². The number of halogens is 1. The smallest absolute Gasteiger partial charge is 0.308 e. The molecular formula is C16H23BrN2O2. The largest absolute Gasteiger partial charge is 0.462 e. The third-order valence-electron chi connectivity index (χ3n) is 4.83. The predicted molar refractivity (Wildman–Crippen MR) is 83.9 cm³/mol. The van der Waals surface area contributed by atoms with Crippen molar-refractivity contribution in [2.24, 2.45) is 5.92 Å². The molecule has 1 unspecified atom stereocenters. The quantitative estimate of drug-likeness (QED) is 0.742. The first kappa shape index (κ1) is 15.1. The molecular weight excluding hydrogens is 332 g/mol. The van der Waals surface area contributed by atoms with Crippen molar-refractivity contribution in [2.45, 2.75) is 69.9 Å². The van der Waals surface area contributed by atoms with Crippen molar-refractivity contribution in [1.29, 1.82) is 0 Å². The normalized spacial score (nSPS) is 21.8. The molecule has 0 saturated heterocycles. The number of carbonyl (C=O) groups excluding carboxylic acids is 1. The number of ether oxygens (including phenoxy) is 1. The highest BCUT2D eigenvalue weighted by Gasteiger charge is 2.30. The Morgan fingerprint density at radius 2 is 1.95 bits per heavy atom. The van der Waals surface area contributed by atoms with E-state index in [9.17, 15) is 4.79 Å². The molecule has 2 aliphatic carbocycles. The van der Waals surface area contributed by atoms with Gasteiger partial charge < -0.3 is 4.74 Å². The summed E-state index contributed by atoms with van der Waals surface area (Å²) in [7, 11) is 0. The third kappa shape index (κ3) is 3.87. The molecule has 0 N–H and O–H groups in total. The fraction of sp³-hybridized carbons (Fsp3) is 0.750. The predicted octanol–water partition coefficient (Wildman–Crippen LogP) is 4.25. The van der Waals surface area contributed by atoms with Crippen LogP contribution in [0.1, 0.15) is 63.8 Å². The molecule has 2 aliphatic rings. The summed E-state index contributed by atoms with van der Waals surface area (Å²) in [4.78, 5) is 12.3. The van der Waals surface area contributed by atoms with Gasteiger partial charge in [0.25, 0.3) is 0 Å². The van der Waals surface area contributed by atoms with Crippen LogP contribution in [-0.4, -0.2) is 21.9 Å². The van der Waals surface area contributed by atoms with Gasteiger partial charge in [-0.25, -0.2) is 0 Å². The highest BCUT2D eigenvalue weighted by Crippen LogP contribution is 2.36. The molecule has 0 amide bonds. The summed E-state index contributed by atoms with van der Waals surface area (Å²) in [5.74, 6) is 0.498. The lowest BCUT2D eigenvalue weighted by Gasteiger charge is -2.24. The van der Waals surface area contributed by atoms with Crippen LogP contribution >= 0.6 is 15.9 Å². The Morgan fingerprint density at radius 3 is 2.57 bits per heavy atom. The van der Waals surface area contributed by atoms with Crippen molar-refractivity contribution in [3.63, 3.8) is 0 Å². The average molecular weight is 355 g/mol. The van der Waals surface area contributed by atoms with Crippen LogP contribution in [-0.2, 0) is 9.53 Å². The van der Waals surface area contributed by atoms with Gasteiger partial charge in [0, 0.05) is 6.20 Å². The molecule has 5 heteroatoms. The molecule has 0 aromatic carbocycles. The Kier molecular flexibility index (Phi) is 4.99. The van der Waals surface area contributed by atoms with Gasteiger partial charge in [-0.05, 0) is 60.4 Å². The van der Waals surface area contributed by atoms with E-state index in [2.05, 4.69) is 21.0 Å². The fourth-order valence-electron chi connectivity index (χ4n) is 3.73. The van der Waals surface area contributed by atoms with Crippen molar-refractivity contribution in [1.82, 2.24) is 9.78 Å². The van der Waals surface area contributed by atoms with Gasteiger partial charge in [-0.1, -0.05) is 12.8 Å². The van der Waals surface area contributed by atoms with Crippen LogP contribution in [0.3, 0.4) is 0 Å². The number of hydrogen-bond donors (Lipinski definition) is 0. The lowest BCUT2D eigenvalue weighted by atomic mass is 9.95. The van der Waals surface area contributed by atoms with Crippen molar-refractivity contribution < 1.29 is 9.53 Å². The van der Waals surface area contributed by atoms with E-state index in [0.717, 1.165) is 17.3 Å². The van der Waals surface area contributed by atoms with E-state index < -0.39 is 0 Å². The van der Waals surface area contributed by atoms with Gasteiger partial charge in [0.05, 0.1) is 23.1 Å². The van der Waals surface area contributed by atoms with Crippen LogP contribution in [0.4, 0.5) is 0 Å². The molecule has 0 spiro atoms. The molecule has 1 aromatic rings. The number of esters is 1.